The summed E-state index contributed by atoms with van der Waals surface area (Å²) in [5, 5.41) is 7.23. The van der Waals surface area contributed by atoms with Gasteiger partial charge < -0.3 is 14.7 Å². The fraction of sp³-hybridized carbons (Fsp3) is 0.769. The van der Waals surface area contributed by atoms with Crippen LogP contribution in [0.25, 0.3) is 0 Å². The van der Waals surface area contributed by atoms with Gasteiger partial charge in [0.1, 0.15) is 6.54 Å². The Morgan fingerprint density at radius 2 is 2.35 bits per heavy atom. The molecule has 0 aromatic carbocycles. The average molecular weight is 297 g/mol. The lowest BCUT2D eigenvalue weighted by atomic mass is 10.2. The van der Waals surface area contributed by atoms with E-state index >= 15 is 0 Å². The first-order valence-electron chi connectivity index (χ1n) is 6.96. The van der Waals surface area contributed by atoms with Crippen LogP contribution in [0.4, 0.5) is 0 Å². The molecule has 1 aliphatic rings. The number of thioether (sulfide) groups is 1. The quantitative estimate of drug-likeness (QED) is 0.676. The van der Waals surface area contributed by atoms with Crippen LogP contribution in [0, 0.1) is 6.92 Å². The Morgan fingerprint density at radius 3 is 2.95 bits per heavy atom. The van der Waals surface area contributed by atoms with Gasteiger partial charge in [-0.3, -0.25) is 0 Å². The average Bonchev–Trinajstić information content (AvgIpc) is 2.79. The molecule has 20 heavy (non-hydrogen) atoms. The molecule has 7 heteroatoms. The molecular formula is C13H23N5OS. The molecule has 0 aliphatic carbocycles. The van der Waals surface area contributed by atoms with E-state index in [1.54, 1.807) is 6.92 Å². The molecule has 1 saturated heterocycles. The molecule has 0 saturated carbocycles. The maximum Gasteiger partial charge on any atom is 0.223 e. The molecule has 1 N–H and O–H groups in total. The van der Waals surface area contributed by atoms with E-state index in [-0.39, 0.29) is 4.75 Å². The molecule has 112 valence electrons. The SMILES string of the molecule is CCNC(=NCc1noc(C)n1)N1CCSC(C)(C)C1. The van der Waals surface area contributed by atoms with Gasteiger partial charge in [-0.25, -0.2) is 4.99 Å². The monoisotopic (exact) mass is 297 g/mol. The summed E-state index contributed by atoms with van der Waals surface area (Å²) in [6.45, 7) is 11.7. The van der Waals surface area contributed by atoms with Crippen molar-refractivity contribution in [2.75, 3.05) is 25.4 Å². The van der Waals surface area contributed by atoms with E-state index in [9.17, 15) is 0 Å². The number of nitrogens with zero attached hydrogens (tertiary/aromatic N) is 4. The van der Waals surface area contributed by atoms with Gasteiger partial charge in [0, 0.05) is 37.1 Å². The van der Waals surface area contributed by atoms with Crippen LogP contribution < -0.4 is 5.32 Å². The number of hydrogen-bond acceptors (Lipinski definition) is 5. The summed E-state index contributed by atoms with van der Waals surface area (Å²) >= 11 is 2.01. The first-order valence-corrected chi connectivity index (χ1v) is 7.95. The Kier molecular flexibility index (Phi) is 4.91. The Hall–Kier alpha value is -1.24. The summed E-state index contributed by atoms with van der Waals surface area (Å²) in [5.41, 5.74) is 0. The van der Waals surface area contributed by atoms with E-state index < -0.39 is 0 Å². The van der Waals surface area contributed by atoms with Crippen molar-refractivity contribution in [3.8, 4) is 0 Å². The number of hydrogen-bond donors (Lipinski definition) is 1. The van der Waals surface area contributed by atoms with Gasteiger partial charge in [0.25, 0.3) is 0 Å². The Labute approximate surface area is 124 Å². The maximum absolute atomic E-state index is 4.97. The van der Waals surface area contributed by atoms with Crippen molar-refractivity contribution in [2.45, 2.75) is 39.0 Å². The molecule has 2 rings (SSSR count). The van der Waals surface area contributed by atoms with Crippen molar-refractivity contribution in [1.82, 2.24) is 20.4 Å². The minimum Gasteiger partial charge on any atom is -0.357 e. The van der Waals surface area contributed by atoms with Crippen molar-refractivity contribution in [1.29, 1.82) is 0 Å². The van der Waals surface area contributed by atoms with Gasteiger partial charge >= 0.3 is 0 Å². The molecule has 6 nitrogen and oxygen atoms in total. The molecule has 1 aliphatic heterocycles. The Morgan fingerprint density at radius 1 is 1.55 bits per heavy atom. The smallest absolute Gasteiger partial charge is 0.223 e. The summed E-state index contributed by atoms with van der Waals surface area (Å²) in [7, 11) is 0. The lowest BCUT2D eigenvalue weighted by Gasteiger charge is -2.39. The molecule has 2 heterocycles. The lowest BCUT2D eigenvalue weighted by molar-refractivity contribution is 0.374. The topological polar surface area (TPSA) is 66.5 Å². The van der Waals surface area contributed by atoms with Gasteiger partial charge in [-0.2, -0.15) is 16.7 Å². The van der Waals surface area contributed by atoms with Gasteiger partial charge in [-0.05, 0) is 20.8 Å². The molecule has 1 aromatic heterocycles. The van der Waals surface area contributed by atoms with Gasteiger partial charge in [-0.1, -0.05) is 5.16 Å². The first kappa shape index (κ1) is 15.2. The summed E-state index contributed by atoms with van der Waals surface area (Å²) < 4.78 is 5.23. The zero-order chi connectivity index (χ0) is 14.6. The molecule has 0 bridgehead atoms. The van der Waals surface area contributed by atoms with E-state index in [1.807, 2.05) is 11.8 Å². The van der Waals surface area contributed by atoms with Crippen LogP contribution in [0.3, 0.4) is 0 Å². The van der Waals surface area contributed by atoms with Crippen molar-refractivity contribution in [3.05, 3.63) is 11.7 Å². The van der Waals surface area contributed by atoms with Gasteiger partial charge in [-0.15, -0.1) is 0 Å². The minimum absolute atomic E-state index is 0.261. The number of aryl methyl sites for hydroxylation is 1. The van der Waals surface area contributed by atoms with E-state index in [1.165, 1.54) is 0 Å². The van der Waals surface area contributed by atoms with Crippen molar-refractivity contribution in [3.63, 3.8) is 0 Å². The molecule has 0 atom stereocenters. The molecular weight excluding hydrogens is 274 g/mol. The van der Waals surface area contributed by atoms with E-state index in [2.05, 4.69) is 46.1 Å². The van der Waals surface area contributed by atoms with Gasteiger partial charge in [0.05, 0.1) is 0 Å². The van der Waals surface area contributed by atoms with E-state index in [4.69, 9.17) is 4.52 Å². The van der Waals surface area contributed by atoms with Crippen LogP contribution in [0.2, 0.25) is 0 Å². The second-order valence-electron chi connectivity index (χ2n) is 5.43. The molecule has 1 fully saturated rings. The standard InChI is InChI=1S/C13H23N5OS/c1-5-14-12(15-8-11-16-10(2)19-17-11)18-6-7-20-13(3,4)9-18/h5-9H2,1-4H3,(H,14,15). The Bertz CT molecular complexity index is 471. The van der Waals surface area contributed by atoms with Crippen LogP contribution in [0.5, 0.6) is 0 Å². The number of rotatable bonds is 3. The molecule has 0 amide bonds. The first-order chi connectivity index (χ1) is 9.50. The van der Waals surface area contributed by atoms with E-state index in [0.29, 0.717) is 18.3 Å². The summed E-state index contributed by atoms with van der Waals surface area (Å²) in [4.78, 5) is 11.1. The number of nitrogens with one attached hydrogen (secondary N) is 1. The summed E-state index contributed by atoms with van der Waals surface area (Å²) in [6.07, 6.45) is 0. The Balaban J connectivity index is 2.05. The number of aliphatic imine (C=N–C) groups is 1. The minimum atomic E-state index is 0.261. The predicted octanol–water partition coefficient (Wildman–Crippen LogP) is 1.67. The summed E-state index contributed by atoms with van der Waals surface area (Å²) in [5.74, 6) is 3.27. The highest BCUT2D eigenvalue weighted by molar-refractivity contribution is 8.00. The lowest BCUT2D eigenvalue weighted by Crippen LogP contribution is -2.50. The molecule has 0 radical (unpaired) electrons. The normalized spacial score (nSPS) is 19.2. The third kappa shape index (κ3) is 4.13. The number of guanidine groups is 1. The zero-order valence-corrected chi connectivity index (χ0v) is 13.5. The van der Waals surface area contributed by atoms with Crippen LogP contribution in [0.15, 0.2) is 9.52 Å². The van der Waals surface area contributed by atoms with Crippen molar-refractivity contribution < 1.29 is 4.52 Å². The number of aromatic nitrogens is 2. The highest BCUT2D eigenvalue weighted by atomic mass is 32.2. The van der Waals surface area contributed by atoms with Gasteiger partial charge in [0.2, 0.25) is 5.89 Å². The third-order valence-corrected chi connectivity index (χ3v) is 4.30. The fourth-order valence-corrected chi connectivity index (χ4v) is 3.29. The zero-order valence-electron chi connectivity index (χ0n) is 12.6. The second kappa shape index (κ2) is 6.47. The molecule has 0 unspecified atom stereocenters. The van der Waals surface area contributed by atoms with E-state index in [0.717, 1.165) is 31.3 Å². The maximum atomic E-state index is 4.97. The summed E-state index contributed by atoms with van der Waals surface area (Å²) in [6, 6.07) is 0. The van der Waals surface area contributed by atoms with Crippen LogP contribution in [-0.4, -0.2) is 51.1 Å². The molecule has 1 aromatic rings. The van der Waals surface area contributed by atoms with Crippen LogP contribution >= 0.6 is 11.8 Å². The highest BCUT2D eigenvalue weighted by Gasteiger charge is 2.28. The predicted molar refractivity (Wildman–Crippen MR) is 82.0 cm³/mol. The fourth-order valence-electron chi connectivity index (χ4n) is 2.17. The molecule has 0 spiro atoms. The third-order valence-electron chi connectivity index (χ3n) is 3.00. The van der Waals surface area contributed by atoms with Gasteiger partial charge in [0.15, 0.2) is 11.8 Å². The van der Waals surface area contributed by atoms with Crippen molar-refractivity contribution in [2.24, 2.45) is 4.99 Å². The second-order valence-corrected chi connectivity index (χ2v) is 7.23. The largest absolute Gasteiger partial charge is 0.357 e. The van der Waals surface area contributed by atoms with Crippen LogP contribution in [0.1, 0.15) is 32.5 Å². The highest BCUT2D eigenvalue weighted by Crippen LogP contribution is 2.29. The van der Waals surface area contributed by atoms with Crippen molar-refractivity contribution >= 4 is 17.7 Å². The van der Waals surface area contributed by atoms with Crippen LogP contribution in [-0.2, 0) is 6.54 Å².